The SMILES string of the molecule is COc1ccc(CSC2CCN(C/C=C/c3ccccc3)CC2)c(OC)c1OC. The highest BCUT2D eigenvalue weighted by Crippen LogP contribution is 2.41. The van der Waals surface area contributed by atoms with Gasteiger partial charge in [0.2, 0.25) is 5.75 Å². The zero-order valence-corrected chi connectivity index (χ0v) is 18.4. The standard InChI is InChI=1S/C24H31NO3S/c1-26-22-12-11-20(23(27-2)24(22)28-3)18-29-21-13-16-25(17-14-21)15-7-10-19-8-5-4-6-9-19/h4-12,21H,13-18H2,1-3H3/b10-7+. The highest BCUT2D eigenvalue weighted by atomic mass is 32.2. The van der Waals surface area contributed by atoms with Crippen LogP contribution in [0.2, 0.25) is 0 Å². The zero-order valence-electron chi connectivity index (χ0n) is 17.6. The van der Waals surface area contributed by atoms with Crippen LogP contribution in [0.15, 0.2) is 48.5 Å². The molecule has 1 fully saturated rings. The molecular formula is C24H31NO3S. The lowest BCUT2D eigenvalue weighted by Gasteiger charge is -2.31. The van der Waals surface area contributed by atoms with Crippen LogP contribution in [0.25, 0.3) is 6.08 Å². The van der Waals surface area contributed by atoms with Gasteiger partial charge < -0.3 is 14.2 Å². The van der Waals surface area contributed by atoms with E-state index in [1.165, 1.54) is 18.4 Å². The van der Waals surface area contributed by atoms with Crippen LogP contribution in [0.1, 0.15) is 24.0 Å². The van der Waals surface area contributed by atoms with Gasteiger partial charge in [0.25, 0.3) is 0 Å². The molecule has 1 saturated heterocycles. The Morgan fingerprint density at radius 1 is 0.931 bits per heavy atom. The number of ether oxygens (including phenoxy) is 3. The number of benzene rings is 2. The van der Waals surface area contributed by atoms with Gasteiger partial charge in [-0.25, -0.2) is 0 Å². The van der Waals surface area contributed by atoms with E-state index in [4.69, 9.17) is 14.2 Å². The summed E-state index contributed by atoms with van der Waals surface area (Å²) in [5.74, 6) is 3.08. The summed E-state index contributed by atoms with van der Waals surface area (Å²) in [5.41, 5.74) is 2.42. The zero-order chi connectivity index (χ0) is 20.5. The first-order valence-electron chi connectivity index (χ1n) is 10.1. The number of hydrogen-bond acceptors (Lipinski definition) is 5. The molecule has 0 atom stereocenters. The van der Waals surface area contributed by atoms with Crippen LogP contribution < -0.4 is 14.2 Å². The Morgan fingerprint density at radius 2 is 1.66 bits per heavy atom. The molecule has 5 heteroatoms. The largest absolute Gasteiger partial charge is 0.493 e. The average molecular weight is 414 g/mol. The second kappa shape index (κ2) is 11.2. The molecular weight excluding hydrogens is 382 g/mol. The first kappa shape index (κ1) is 21.6. The van der Waals surface area contributed by atoms with E-state index in [1.807, 2.05) is 17.8 Å². The van der Waals surface area contributed by atoms with Crippen molar-refractivity contribution in [1.82, 2.24) is 4.90 Å². The van der Waals surface area contributed by atoms with E-state index >= 15 is 0 Å². The van der Waals surface area contributed by atoms with Crippen LogP contribution in [0.3, 0.4) is 0 Å². The van der Waals surface area contributed by atoms with Crippen molar-refractivity contribution in [3.8, 4) is 17.2 Å². The maximum Gasteiger partial charge on any atom is 0.203 e. The van der Waals surface area contributed by atoms with Gasteiger partial charge in [0.05, 0.1) is 21.3 Å². The smallest absolute Gasteiger partial charge is 0.203 e. The lowest BCUT2D eigenvalue weighted by Crippen LogP contribution is -2.34. The van der Waals surface area contributed by atoms with E-state index in [1.54, 1.807) is 21.3 Å². The fourth-order valence-electron chi connectivity index (χ4n) is 3.65. The summed E-state index contributed by atoms with van der Waals surface area (Å²) < 4.78 is 16.5. The Morgan fingerprint density at radius 3 is 2.31 bits per heavy atom. The predicted octanol–water partition coefficient (Wildman–Crippen LogP) is 5.12. The van der Waals surface area contributed by atoms with Crippen LogP contribution in [-0.2, 0) is 5.75 Å². The third-order valence-electron chi connectivity index (χ3n) is 5.27. The Kier molecular flexibility index (Phi) is 8.32. The molecule has 0 aliphatic carbocycles. The molecule has 0 saturated carbocycles. The predicted molar refractivity (Wildman–Crippen MR) is 122 cm³/mol. The van der Waals surface area contributed by atoms with Crippen LogP contribution in [0, 0.1) is 0 Å². The van der Waals surface area contributed by atoms with Crippen molar-refractivity contribution in [3.05, 3.63) is 59.7 Å². The van der Waals surface area contributed by atoms with Crippen LogP contribution >= 0.6 is 11.8 Å². The summed E-state index contributed by atoms with van der Waals surface area (Å²) >= 11 is 2.01. The van der Waals surface area contributed by atoms with Crippen molar-refractivity contribution in [2.45, 2.75) is 23.8 Å². The van der Waals surface area contributed by atoms with Gasteiger partial charge in [0.1, 0.15) is 0 Å². The van der Waals surface area contributed by atoms with E-state index in [0.29, 0.717) is 16.7 Å². The molecule has 0 N–H and O–H groups in total. The highest BCUT2D eigenvalue weighted by Gasteiger charge is 2.21. The average Bonchev–Trinajstić information content (AvgIpc) is 2.78. The van der Waals surface area contributed by atoms with E-state index in [9.17, 15) is 0 Å². The van der Waals surface area contributed by atoms with Crippen molar-refractivity contribution >= 4 is 17.8 Å². The fraction of sp³-hybridized carbons (Fsp3) is 0.417. The van der Waals surface area contributed by atoms with E-state index in [-0.39, 0.29) is 0 Å². The molecule has 0 bridgehead atoms. The fourth-order valence-corrected chi connectivity index (χ4v) is 4.83. The number of thioether (sulfide) groups is 1. The summed E-state index contributed by atoms with van der Waals surface area (Å²) in [6.07, 6.45) is 6.93. The first-order chi connectivity index (χ1) is 14.2. The summed E-state index contributed by atoms with van der Waals surface area (Å²) in [6, 6.07) is 14.5. The highest BCUT2D eigenvalue weighted by molar-refractivity contribution is 7.99. The van der Waals surface area contributed by atoms with Crippen molar-refractivity contribution < 1.29 is 14.2 Å². The number of hydrogen-bond donors (Lipinski definition) is 0. The molecule has 0 radical (unpaired) electrons. The van der Waals surface area contributed by atoms with Gasteiger partial charge in [0, 0.05) is 23.1 Å². The van der Waals surface area contributed by atoms with Gasteiger partial charge in [-0.05, 0) is 37.6 Å². The molecule has 29 heavy (non-hydrogen) atoms. The molecule has 2 aromatic carbocycles. The number of piperidine rings is 1. The number of nitrogens with zero attached hydrogens (tertiary/aromatic N) is 1. The number of methoxy groups -OCH3 is 3. The quantitative estimate of drug-likeness (QED) is 0.569. The summed E-state index contributed by atoms with van der Waals surface area (Å²) in [6.45, 7) is 3.33. The van der Waals surface area contributed by atoms with E-state index in [2.05, 4.69) is 53.5 Å². The van der Waals surface area contributed by atoms with Crippen molar-refractivity contribution in [2.24, 2.45) is 0 Å². The molecule has 1 heterocycles. The second-order valence-electron chi connectivity index (χ2n) is 7.12. The third kappa shape index (κ3) is 5.94. The third-order valence-corrected chi connectivity index (χ3v) is 6.69. The molecule has 0 amide bonds. The monoisotopic (exact) mass is 413 g/mol. The first-order valence-corrected chi connectivity index (χ1v) is 11.1. The lowest BCUT2D eigenvalue weighted by molar-refractivity contribution is 0.256. The molecule has 4 nitrogen and oxygen atoms in total. The summed E-state index contributed by atoms with van der Waals surface area (Å²) in [7, 11) is 4.99. The molecule has 1 aliphatic heterocycles. The Balaban J connectivity index is 1.47. The Labute approximate surface area is 178 Å². The van der Waals surface area contributed by atoms with Crippen molar-refractivity contribution in [3.63, 3.8) is 0 Å². The van der Waals surface area contributed by atoms with Gasteiger partial charge in [-0.2, -0.15) is 11.8 Å². The Hall–Kier alpha value is -2.11. The van der Waals surface area contributed by atoms with Gasteiger partial charge in [-0.15, -0.1) is 0 Å². The molecule has 0 spiro atoms. The van der Waals surface area contributed by atoms with Crippen LogP contribution in [0.4, 0.5) is 0 Å². The van der Waals surface area contributed by atoms with Crippen molar-refractivity contribution in [1.29, 1.82) is 0 Å². The second-order valence-corrected chi connectivity index (χ2v) is 8.41. The van der Waals surface area contributed by atoms with Gasteiger partial charge in [-0.1, -0.05) is 48.6 Å². The molecule has 3 rings (SSSR count). The van der Waals surface area contributed by atoms with Gasteiger partial charge >= 0.3 is 0 Å². The topological polar surface area (TPSA) is 30.9 Å². The minimum absolute atomic E-state index is 0.674. The van der Waals surface area contributed by atoms with Crippen LogP contribution in [-0.4, -0.2) is 51.1 Å². The van der Waals surface area contributed by atoms with E-state index in [0.717, 1.165) is 36.7 Å². The summed E-state index contributed by atoms with van der Waals surface area (Å²) in [5, 5.41) is 0.683. The van der Waals surface area contributed by atoms with Gasteiger partial charge in [-0.3, -0.25) is 4.90 Å². The number of likely N-dealkylation sites (tertiary alicyclic amines) is 1. The Bertz CT molecular complexity index is 786. The van der Waals surface area contributed by atoms with Crippen molar-refractivity contribution in [2.75, 3.05) is 41.0 Å². The maximum absolute atomic E-state index is 5.61. The normalized spacial score (nSPS) is 15.6. The summed E-state index contributed by atoms with van der Waals surface area (Å²) in [4.78, 5) is 2.54. The minimum atomic E-state index is 0.674. The molecule has 1 aliphatic rings. The molecule has 0 unspecified atom stereocenters. The van der Waals surface area contributed by atoms with E-state index < -0.39 is 0 Å². The number of rotatable bonds is 9. The molecule has 0 aromatic heterocycles. The lowest BCUT2D eigenvalue weighted by atomic mass is 10.1. The van der Waals surface area contributed by atoms with Crippen LogP contribution in [0.5, 0.6) is 17.2 Å². The van der Waals surface area contributed by atoms with Gasteiger partial charge in [0.15, 0.2) is 11.5 Å². The maximum atomic E-state index is 5.61. The minimum Gasteiger partial charge on any atom is -0.493 e. The molecule has 156 valence electrons. The molecule has 2 aromatic rings.